The van der Waals surface area contributed by atoms with Crippen LogP contribution < -0.4 is 0 Å². The van der Waals surface area contributed by atoms with Gasteiger partial charge < -0.3 is 5.11 Å². The number of nitrogens with zero attached hydrogens (tertiary/aromatic N) is 1. The second-order valence-electron chi connectivity index (χ2n) is 1.87. The average molecular weight is 149 g/mol. The molecule has 0 saturated carbocycles. The van der Waals surface area contributed by atoms with Crippen LogP contribution in [0, 0.1) is 10.8 Å². The van der Waals surface area contributed by atoms with Crippen molar-refractivity contribution in [2.75, 3.05) is 18.9 Å². The van der Waals surface area contributed by atoms with Gasteiger partial charge in [-0.3, -0.25) is 0 Å². The van der Waals surface area contributed by atoms with Crippen molar-refractivity contribution in [2.24, 2.45) is 11.1 Å². The first kappa shape index (κ1) is 8.91. The molecule has 0 aliphatic rings. The Morgan fingerprint density at radius 1 is 1.67 bits per heavy atom. The minimum absolute atomic E-state index is 0.0139. The molecule has 0 heterocycles. The van der Waals surface area contributed by atoms with E-state index in [4.69, 9.17) is 5.11 Å². The SMILES string of the molecule is O=NCC(CO)CCS. The Morgan fingerprint density at radius 3 is 2.67 bits per heavy atom. The van der Waals surface area contributed by atoms with E-state index in [9.17, 15) is 4.91 Å². The summed E-state index contributed by atoms with van der Waals surface area (Å²) in [5.41, 5.74) is 0. The van der Waals surface area contributed by atoms with E-state index in [0.717, 1.165) is 6.42 Å². The van der Waals surface area contributed by atoms with E-state index in [1.165, 1.54) is 0 Å². The van der Waals surface area contributed by atoms with Crippen LogP contribution in [0.2, 0.25) is 0 Å². The predicted molar refractivity (Wildman–Crippen MR) is 39.7 cm³/mol. The third-order valence-electron chi connectivity index (χ3n) is 1.13. The first-order valence-corrected chi connectivity index (χ1v) is 3.49. The zero-order chi connectivity index (χ0) is 7.11. The third-order valence-corrected chi connectivity index (χ3v) is 1.39. The number of thiol groups is 1. The molecule has 0 amide bonds. The van der Waals surface area contributed by atoms with Gasteiger partial charge in [0.05, 0.1) is 6.54 Å². The van der Waals surface area contributed by atoms with Gasteiger partial charge in [0, 0.05) is 12.5 Å². The zero-order valence-electron chi connectivity index (χ0n) is 5.16. The lowest BCUT2D eigenvalue weighted by molar-refractivity contribution is 0.228. The molecule has 9 heavy (non-hydrogen) atoms. The molecule has 0 radical (unpaired) electrons. The molecule has 0 aliphatic carbocycles. The molecule has 0 aromatic rings. The van der Waals surface area contributed by atoms with Crippen molar-refractivity contribution in [1.29, 1.82) is 0 Å². The fourth-order valence-electron chi connectivity index (χ4n) is 0.528. The standard InChI is InChI=1S/C5H11NO2S/c7-4-5(1-2-9)3-6-8/h5,7,9H,1-4H2. The van der Waals surface area contributed by atoms with Crippen LogP contribution in [0.15, 0.2) is 5.18 Å². The summed E-state index contributed by atoms with van der Waals surface area (Å²) in [6.45, 7) is 0.239. The van der Waals surface area contributed by atoms with Crippen molar-refractivity contribution >= 4 is 12.6 Å². The van der Waals surface area contributed by atoms with Crippen molar-refractivity contribution in [3.63, 3.8) is 0 Å². The Hall–Kier alpha value is -0.0900. The van der Waals surface area contributed by atoms with E-state index in [1.54, 1.807) is 0 Å². The highest BCUT2D eigenvalue weighted by molar-refractivity contribution is 7.80. The maximum atomic E-state index is 9.66. The van der Waals surface area contributed by atoms with Crippen LogP contribution >= 0.6 is 12.6 Å². The molecule has 0 spiro atoms. The number of hydrogen-bond donors (Lipinski definition) is 2. The summed E-state index contributed by atoms with van der Waals surface area (Å²) in [7, 11) is 0. The first-order chi connectivity index (χ1) is 4.35. The summed E-state index contributed by atoms with van der Waals surface area (Å²) in [6, 6.07) is 0. The smallest absolute Gasteiger partial charge is 0.0861 e. The van der Waals surface area contributed by atoms with Gasteiger partial charge in [0.25, 0.3) is 0 Å². The molecular formula is C5H11NO2S. The largest absolute Gasteiger partial charge is 0.396 e. The summed E-state index contributed by atoms with van der Waals surface area (Å²) < 4.78 is 0. The highest BCUT2D eigenvalue weighted by Crippen LogP contribution is 2.02. The lowest BCUT2D eigenvalue weighted by Gasteiger charge is -2.05. The number of hydrogen-bond acceptors (Lipinski definition) is 4. The lowest BCUT2D eigenvalue weighted by Crippen LogP contribution is -2.09. The van der Waals surface area contributed by atoms with Crippen LogP contribution in [0.4, 0.5) is 0 Å². The topological polar surface area (TPSA) is 49.7 Å². The molecule has 0 aromatic carbocycles. The van der Waals surface area contributed by atoms with Crippen LogP contribution in [0.3, 0.4) is 0 Å². The van der Waals surface area contributed by atoms with Gasteiger partial charge >= 0.3 is 0 Å². The quantitative estimate of drug-likeness (QED) is 0.446. The normalized spacial score (nSPS) is 13.1. The van der Waals surface area contributed by atoms with E-state index < -0.39 is 0 Å². The summed E-state index contributed by atoms with van der Waals surface area (Å²) in [4.78, 5) is 9.66. The Bertz CT molecular complexity index is 79.4. The van der Waals surface area contributed by atoms with Gasteiger partial charge in [-0.05, 0) is 12.2 Å². The number of aliphatic hydroxyl groups excluding tert-OH is 1. The number of nitroso groups, excluding NO2 is 1. The Kier molecular flexibility index (Phi) is 5.98. The number of aliphatic hydroxyl groups is 1. The summed E-state index contributed by atoms with van der Waals surface area (Å²) in [5, 5.41) is 11.2. The third kappa shape index (κ3) is 4.42. The van der Waals surface area contributed by atoms with E-state index >= 15 is 0 Å². The highest BCUT2D eigenvalue weighted by atomic mass is 32.1. The van der Waals surface area contributed by atoms with Crippen LogP contribution in [0.5, 0.6) is 0 Å². The molecule has 0 aromatic heterocycles. The summed E-state index contributed by atoms with van der Waals surface area (Å²) >= 11 is 3.95. The maximum absolute atomic E-state index is 9.66. The second-order valence-corrected chi connectivity index (χ2v) is 2.32. The molecule has 0 rings (SSSR count). The maximum Gasteiger partial charge on any atom is 0.0861 e. The van der Waals surface area contributed by atoms with Crippen LogP contribution in [-0.2, 0) is 0 Å². The molecular weight excluding hydrogens is 138 g/mol. The Morgan fingerprint density at radius 2 is 2.33 bits per heavy atom. The van der Waals surface area contributed by atoms with Crippen molar-refractivity contribution in [3.8, 4) is 0 Å². The lowest BCUT2D eigenvalue weighted by atomic mass is 10.1. The molecule has 3 nitrogen and oxygen atoms in total. The molecule has 1 unspecified atom stereocenters. The number of rotatable bonds is 5. The molecule has 1 atom stereocenters. The zero-order valence-corrected chi connectivity index (χ0v) is 6.05. The minimum atomic E-state index is 0.0139. The molecule has 0 saturated heterocycles. The first-order valence-electron chi connectivity index (χ1n) is 2.86. The minimum Gasteiger partial charge on any atom is -0.396 e. The van der Waals surface area contributed by atoms with E-state index in [1.807, 2.05) is 0 Å². The second kappa shape index (κ2) is 6.04. The average Bonchev–Trinajstić information content (AvgIpc) is 1.88. The molecule has 0 bridgehead atoms. The van der Waals surface area contributed by atoms with Crippen LogP contribution in [0.25, 0.3) is 0 Å². The Labute approximate surface area is 59.8 Å². The molecule has 54 valence electrons. The van der Waals surface area contributed by atoms with Crippen LogP contribution in [-0.4, -0.2) is 24.0 Å². The van der Waals surface area contributed by atoms with Gasteiger partial charge in [-0.1, -0.05) is 5.18 Å². The van der Waals surface area contributed by atoms with E-state index in [0.29, 0.717) is 5.75 Å². The fraction of sp³-hybridized carbons (Fsp3) is 1.00. The summed E-state index contributed by atoms with van der Waals surface area (Å²) in [5.74, 6) is 0.709. The monoisotopic (exact) mass is 149 g/mol. The summed E-state index contributed by atoms with van der Waals surface area (Å²) in [6.07, 6.45) is 0.755. The van der Waals surface area contributed by atoms with Gasteiger partial charge in [-0.15, -0.1) is 0 Å². The predicted octanol–water partition coefficient (Wildman–Crippen LogP) is 0.681. The fourth-order valence-corrected chi connectivity index (χ4v) is 0.893. The van der Waals surface area contributed by atoms with Crippen molar-refractivity contribution in [2.45, 2.75) is 6.42 Å². The van der Waals surface area contributed by atoms with Crippen molar-refractivity contribution in [3.05, 3.63) is 4.91 Å². The Balaban J connectivity index is 3.28. The van der Waals surface area contributed by atoms with Gasteiger partial charge in [-0.25, -0.2) is 0 Å². The van der Waals surface area contributed by atoms with Gasteiger partial charge in [-0.2, -0.15) is 17.5 Å². The van der Waals surface area contributed by atoms with Gasteiger partial charge in [0.15, 0.2) is 0 Å². The van der Waals surface area contributed by atoms with Crippen molar-refractivity contribution < 1.29 is 5.11 Å². The van der Waals surface area contributed by atoms with E-state index in [-0.39, 0.29) is 19.1 Å². The molecule has 0 fully saturated rings. The van der Waals surface area contributed by atoms with Gasteiger partial charge in [0.1, 0.15) is 0 Å². The highest BCUT2D eigenvalue weighted by Gasteiger charge is 2.04. The molecule has 0 aliphatic heterocycles. The van der Waals surface area contributed by atoms with Crippen LogP contribution in [0.1, 0.15) is 6.42 Å². The molecule has 1 N–H and O–H groups in total. The van der Waals surface area contributed by atoms with E-state index in [2.05, 4.69) is 17.8 Å². The van der Waals surface area contributed by atoms with Crippen molar-refractivity contribution in [1.82, 2.24) is 0 Å². The van der Waals surface area contributed by atoms with Gasteiger partial charge in [0.2, 0.25) is 0 Å². The molecule has 4 heteroatoms.